The number of amides is 1. The predicted octanol–water partition coefficient (Wildman–Crippen LogP) is 5.33. The van der Waals surface area contributed by atoms with Crippen molar-refractivity contribution in [3.63, 3.8) is 0 Å². The van der Waals surface area contributed by atoms with Gasteiger partial charge < -0.3 is 14.8 Å². The number of rotatable bonds is 7. The predicted molar refractivity (Wildman–Crippen MR) is 136 cm³/mol. The first-order chi connectivity index (χ1) is 16.9. The molecule has 7 heteroatoms. The van der Waals surface area contributed by atoms with Gasteiger partial charge in [-0.15, -0.1) is 0 Å². The Morgan fingerprint density at radius 2 is 1.43 bits per heavy atom. The second-order valence-electron chi connectivity index (χ2n) is 8.29. The summed E-state index contributed by atoms with van der Waals surface area (Å²) in [6, 6.07) is 23.2. The minimum atomic E-state index is -0.446. The summed E-state index contributed by atoms with van der Waals surface area (Å²) >= 11 is 0. The first-order valence-electron chi connectivity index (χ1n) is 11.2. The van der Waals surface area contributed by atoms with Crippen LogP contribution in [0.15, 0.2) is 72.8 Å². The summed E-state index contributed by atoms with van der Waals surface area (Å²) in [6.07, 6.45) is 0. The van der Waals surface area contributed by atoms with Gasteiger partial charge in [0, 0.05) is 25.3 Å². The number of nitrogens with one attached hydrogen (secondary N) is 1. The molecule has 0 radical (unpaired) electrons. The topological polar surface area (TPSA) is 82.4 Å². The average molecular weight is 470 g/mol. The van der Waals surface area contributed by atoms with Gasteiger partial charge in [-0.3, -0.25) is 9.59 Å². The first-order valence-corrected chi connectivity index (χ1v) is 11.2. The summed E-state index contributed by atoms with van der Waals surface area (Å²) in [4.78, 5) is 24.0. The smallest absolute Gasteiger partial charge is 0.309 e. The van der Waals surface area contributed by atoms with Crippen LogP contribution in [0.5, 0.6) is 5.88 Å². The van der Waals surface area contributed by atoms with Crippen molar-refractivity contribution >= 4 is 17.6 Å². The number of ether oxygens (including phenoxy) is 2. The van der Waals surface area contributed by atoms with E-state index in [0.29, 0.717) is 22.8 Å². The van der Waals surface area contributed by atoms with E-state index in [1.807, 2.05) is 74.5 Å². The Balaban J connectivity index is 1.89. The van der Waals surface area contributed by atoms with Crippen LogP contribution in [0.2, 0.25) is 0 Å². The van der Waals surface area contributed by atoms with Crippen molar-refractivity contribution < 1.29 is 19.1 Å². The zero-order valence-corrected chi connectivity index (χ0v) is 20.2. The number of anilines is 1. The lowest BCUT2D eigenvalue weighted by Crippen LogP contribution is -2.16. The molecule has 7 nitrogen and oxygen atoms in total. The number of carbonyl (C=O) groups is 2. The summed E-state index contributed by atoms with van der Waals surface area (Å²) in [6.45, 7) is 5.38. The Kier molecular flexibility index (Phi) is 7.08. The molecule has 4 rings (SSSR count). The first kappa shape index (κ1) is 23.9. The number of nitrogens with zero attached hydrogens (tertiary/aromatic N) is 2. The minimum Gasteiger partial charge on any atom is -0.407 e. The summed E-state index contributed by atoms with van der Waals surface area (Å²) in [5.74, 6) is -0.361. The Morgan fingerprint density at radius 1 is 0.857 bits per heavy atom. The molecule has 1 N–H and O–H groups in total. The van der Waals surface area contributed by atoms with Crippen LogP contribution in [0.3, 0.4) is 0 Å². The van der Waals surface area contributed by atoms with Crippen LogP contribution >= 0.6 is 0 Å². The molecule has 35 heavy (non-hydrogen) atoms. The van der Waals surface area contributed by atoms with E-state index in [4.69, 9.17) is 14.6 Å². The van der Waals surface area contributed by atoms with Gasteiger partial charge in [-0.05, 0) is 43.7 Å². The number of methoxy groups -OCH3 is 1. The normalized spacial score (nSPS) is 10.7. The molecule has 0 saturated carbocycles. The number of hydrogen-bond acceptors (Lipinski definition) is 5. The highest BCUT2D eigenvalue weighted by molar-refractivity contribution is 5.93. The second kappa shape index (κ2) is 10.4. The van der Waals surface area contributed by atoms with Gasteiger partial charge in [0.15, 0.2) is 0 Å². The van der Waals surface area contributed by atoms with E-state index in [-0.39, 0.29) is 12.5 Å². The van der Waals surface area contributed by atoms with Crippen molar-refractivity contribution in [1.29, 1.82) is 0 Å². The van der Waals surface area contributed by atoms with Gasteiger partial charge in [-0.25, -0.2) is 0 Å². The zero-order chi connectivity index (χ0) is 24.9. The number of aromatic nitrogens is 2. The van der Waals surface area contributed by atoms with Crippen LogP contribution < -0.4 is 10.1 Å². The molecule has 1 amide bonds. The van der Waals surface area contributed by atoms with Crippen molar-refractivity contribution in [2.75, 3.05) is 19.0 Å². The summed E-state index contributed by atoms with van der Waals surface area (Å²) in [5.41, 5.74) is 6.69. The third-order valence-corrected chi connectivity index (χ3v) is 5.42. The highest BCUT2D eigenvalue weighted by atomic mass is 16.5. The van der Waals surface area contributed by atoms with Crippen LogP contribution in [0.25, 0.3) is 28.1 Å². The quantitative estimate of drug-likeness (QED) is 0.370. The molecular formula is C28H27N3O4. The Hall–Kier alpha value is -4.23. The highest BCUT2D eigenvalue weighted by Gasteiger charge is 2.24. The van der Waals surface area contributed by atoms with Gasteiger partial charge in [0.1, 0.15) is 12.3 Å². The maximum absolute atomic E-state index is 12.1. The second-order valence-corrected chi connectivity index (χ2v) is 8.29. The third kappa shape index (κ3) is 5.47. The lowest BCUT2D eigenvalue weighted by molar-refractivity contribution is -0.132. The number of esters is 1. The molecule has 0 saturated heterocycles. The maximum Gasteiger partial charge on any atom is 0.309 e. The average Bonchev–Trinajstić information content (AvgIpc) is 3.19. The van der Waals surface area contributed by atoms with Crippen LogP contribution in [-0.2, 0) is 14.3 Å². The molecule has 0 aliphatic heterocycles. The number of carbonyl (C=O) groups excluding carboxylic acids is 2. The molecular weight excluding hydrogens is 442 g/mol. The molecule has 3 aromatic carbocycles. The summed E-state index contributed by atoms with van der Waals surface area (Å²) in [5, 5.41) is 7.67. The fraction of sp³-hybridized carbons (Fsp3) is 0.179. The van der Waals surface area contributed by atoms with Gasteiger partial charge in [-0.1, -0.05) is 59.7 Å². The monoisotopic (exact) mass is 469 g/mol. The minimum absolute atomic E-state index is 0.0285. The largest absolute Gasteiger partial charge is 0.407 e. The number of hydrogen-bond donors (Lipinski definition) is 1. The standard InChI is InChI=1S/C28H27N3O4/c1-18-5-9-22(10-6-18)27-26(21-11-13-23(14-12-21)29-25(33)17-34-4)28(35-20(3)32)31(30-27)24-15-7-19(2)8-16-24/h5-16H,17H2,1-4H3,(H,29,33). The SMILES string of the molecule is COCC(=O)Nc1ccc(-c2c(-c3ccc(C)cc3)nn(-c3ccc(C)cc3)c2OC(C)=O)cc1. The molecule has 0 aliphatic rings. The number of benzene rings is 3. The molecule has 4 aromatic rings. The highest BCUT2D eigenvalue weighted by Crippen LogP contribution is 2.41. The molecule has 0 aliphatic carbocycles. The lowest BCUT2D eigenvalue weighted by atomic mass is 10.00. The fourth-order valence-corrected chi connectivity index (χ4v) is 3.72. The van der Waals surface area contributed by atoms with E-state index in [1.165, 1.54) is 14.0 Å². The van der Waals surface area contributed by atoms with E-state index in [9.17, 15) is 9.59 Å². The molecule has 0 spiro atoms. The van der Waals surface area contributed by atoms with Crippen molar-refractivity contribution in [2.24, 2.45) is 0 Å². The van der Waals surface area contributed by atoms with Gasteiger partial charge in [0.05, 0.1) is 11.3 Å². The lowest BCUT2D eigenvalue weighted by Gasteiger charge is -2.10. The summed E-state index contributed by atoms with van der Waals surface area (Å²) < 4.78 is 12.3. The van der Waals surface area contributed by atoms with Crippen molar-refractivity contribution in [3.8, 4) is 34.0 Å². The van der Waals surface area contributed by atoms with Crippen LogP contribution in [-0.4, -0.2) is 35.4 Å². The van der Waals surface area contributed by atoms with E-state index in [0.717, 1.165) is 27.9 Å². The number of aryl methyl sites for hydroxylation is 2. The maximum atomic E-state index is 12.1. The summed E-state index contributed by atoms with van der Waals surface area (Å²) in [7, 11) is 1.47. The van der Waals surface area contributed by atoms with Crippen molar-refractivity contribution in [3.05, 3.63) is 83.9 Å². The molecule has 0 atom stereocenters. The van der Waals surface area contributed by atoms with Gasteiger partial charge in [-0.2, -0.15) is 9.78 Å². The van der Waals surface area contributed by atoms with Crippen molar-refractivity contribution in [1.82, 2.24) is 9.78 Å². The zero-order valence-electron chi connectivity index (χ0n) is 20.2. The van der Waals surface area contributed by atoms with Crippen molar-refractivity contribution in [2.45, 2.75) is 20.8 Å². The van der Waals surface area contributed by atoms with Gasteiger partial charge in [0.2, 0.25) is 11.8 Å². The Bertz CT molecular complexity index is 1340. The van der Waals surface area contributed by atoms with Gasteiger partial charge >= 0.3 is 5.97 Å². The Labute approximate surface area is 204 Å². The van der Waals surface area contributed by atoms with Crippen LogP contribution in [0, 0.1) is 13.8 Å². The van der Waals surface area contributed by atoms with Crippen LogP contribution in [0.4, 0.5) is 5.69 Å². The van der Waals surface area contributed by atoms with Gasteiger partial charge in [0.25, 0.3) is 0 Å². The molecule has 0 bridgehead atoms. The van der Waals surface area contributed by atoms with E-state index < -0.39 is 5.97 Å². The molecule has 0 unspecified atom stereocenters. The van der Waals surface area contributed by atoms with Crippen LogP contribution in [0.1, 0.15) is 18.1 Å². The fourth-order valence-electron chi connectivity index (χ4n) is 3.72. The molecule has 1 aromatic heterocycles. The molecule has 1 heterocycles. The third-order valence-electron chi connectivity index (χ3n) is 5.42. The van der Waals surface area contributed by atoms with E-state index in [2.05, 4.69) is 5.32 Å². The molecule has 0 fully saturated rings. The van der Waals surface area contributed by atoms with E-state index in [1.54, 1.807) is 16.8 Å². The Morgan fingerprint density at radius 3 is 2.00 bits per heavy atom. The van der Waals surface area contributed by atoms with E-state index >= 15 is 0 Å². The molecule has 178 valence electrons.